The summed E-state index contributed by atoms with van der Waals surface area (Å²) < 4.78 is 7.09. The van der Waals surface area contributed by atoms with Crippen LogP contribution in [0.15, 0.2) is 83.3 Å². The van der Waals surface area contributed by atoms with Crippen molar-refractivity contribution < 1.29 is 14.6 Å². The molecule has 30 heavy (non-hydrogen) atoms. The number of halogens is 1. The molecule has 0 spiro atoms. The minimum atomic E-state index is -0.687. The van der Waals surface area contributed by atoms with Crippen LogP contribution in [-0.4, -0.2) is 29.1 Å². The average molecular weight is 466 g/mol. The second-order valence-electron chi connectivity index (χ2n) is 7.59. The number of rotatable bonds is 6. The summed E-state index contributed by atoms with van der Waals surface area (Å²) in [5, 5.41) is 9.36. The molecule has 1 fully saturated rings. The maximum absolute atomic E-state index is 11.4. The van der Waals surface area contributed by atoms with E-state index in [0.717, 1.165) is 34.6 Å². The molecule has 0 radical (unpaired) electrons. The Balaban J connectivity index is 1.63. The van der Waals surface area contributed by atoms with E-state index in [1.807, 2.05) is 42.5 Å². The minimum absolute atomic E-state index is 0.0483. The predicted octanol–water partition coefficient (Wildman–Crippen LogP) is 6.13. The first-order valence-corrected chi connectivity index (χ1v) is 10.9. The molecule has 0 amide bonds. The van der Waals surface area contributed by atoms with Crippen LogP contribution in [0.4, 0.5) is 0 Å². The summed E-state index contributed by atoms with van der Waals surface area (Å²) in [7, 11) is 0. The Labute approximate surface area is 185 Å². The lowest BCUT2D eigenvalue weighted by Crippen LogP contribution is -2.39. The summed E-state index contributed by atoms with van der Waals surface area (Å²) in [5.41, 5.74) is 2.32. The SMILES string of the molecule is O=C(O)C1CCN(C(c2ccc(Br)cc2)c2cccc(Oc3ccccc3)c2)CC1. The summed E-state index contributed by atoms with van der Waals surface area (Å²) in [6.07, 6.45) is 1.34. The van der Waals surface area contributed by atoms with Crippen molar-refractivity contribution in [2.24, 2.45) is 5.92 Å². The van der Waals surface area contributed by atoms with Gasteiger partial charge in [-0.2, -0.15) is 0 Å². The highest BCUT2D eigenvalue weighted by Crippen LogP contribution is 2.35. The smallest absolute Gasteiger partial charge is 0.306 e. The first-order chi connectivity index (χ1) is 14.6. The quantitative estimate of drug-likeness (QED) is 0.475. The van der Waals surface area contributed by atoms with Gasteiger partial charge in [0.25, 0.3) is 0 Å². The fourth-order valence-electron chi connectivity index (χ4n) is 4.04. The minimum Gasteiger partial charge on any atom is -0.481 e. The lowest BCUT2D eigenvalue weighted by atomic mass is 9.91. The van der Waals surface area contributed by atoms with E-state index >= 15 is 0 Å². The molecule has 0 aromatic heterocycles. The molecule has 5 heteroatoms. The lowest BCUT2D eigenvalue weighted by molar-refractivity contribution is -0.143. The number of hydrogen-bond donors (Lipinski definition) is 1. The lowest BCUT2D eigenvalue weighted by Gasteiger charge is -2.37. The molecular formula is C25H24BrNO3. The molecular weight excluding hydrogens is 442 g/mol. The zero-order chi connectivity index (χ0) is 20.9. The van der Waals surface area contributed by atoms with Crippen molar-refractivity contribution in [2.45, 2.75) is 18.9 Å². The van der Waals surface area contributed by atoms with Gasteiger partial charge in [-0.3, -0.25) is 9.69 Å². The third-order valence-electron chi connectivity index (χ3n) is 5.58. The first kappa shape index (κ1) is 20.6. The summed E-state index contributed by atoms with van der Waals surface area (Å²) in [4.78, 5) is 13.8. The molecule has 0 bridgehead atoms. The maximum Gasteiger partial charge on any atom is 0.306 e. The topological polar surface area (TPSA) is 49.8 Å². The van der Waals surface area contributed by atoms with Gasteiger partial charge < -0.3 is 9.84 Å². The highest BCUT2D eigenvalue weighted by molar-refractivity contribution is 9.10. The number of likely N-dealkylation sites (tertiary alicyclic amines) is 1. The van der Waals surface area contributed by atoms with Crippen molar-refractivity contribution in [3.05, 3.63) is 94.5 Å². The number of aliphatic carboxylic acids is 1. The largest absolute Gasteiger partial charge is 0.481 e. The summed E-state index contributed by atoms with van der Waals surface area (Å²) in [6.45, 7) is 1.50. The molecule has 0 aliphatic carbocycles. The molecule has 1 unspecified atom stereocenters. The molecule has 1 aliphatic heterocycles. The molecule has 4 rings (SSSR count). The summed E-state index contributed by atoms with van der Waals surface area (Å²) in [6, 6.07) is 26.4. The molecule has 0 saturated carbocycles. The van der Waals surface area contributed by atoms with Crippen LogP contribution in [0.2, 0.25) is 0 Å². The van der Waals surface area contributed by atoms with E-state index < -0.39 is 5.97 Å². The molecule has 1 heterocycles. The second-order valence-corrected chi connectivity index (χ2v) is 8.51. The van der Waals surface area contributed by atoms with E-state index in [0.29, 0.717) is 12.8 Å². The van der Waals surface area contributed by atoms with Crippen LogP contribution in [0, 0.1) is 5.92 Å². The molecule has 3 aromatic rings. The Kier molecular flexibility index (Phi) is 6.50. The molecule has 154 valence electrons. The zero-order valence-corrected chi connectivity index (χ0v) is 18.2. The van der Waals surface area contributed by atoms with Crippen molar-refractivity contribution in [1.82, 2.24) is 4.90 Å². The van der Waals surface area contributed by atoms with E-state index in [2.05, 4.69) is 57.2 Å². The van der Waals surface area contributed by atoms with Gasteiger partial charge in [0, 0.05) is 4.47 Å². The van der Waals surface area contributed by atoms with Crippen LogP contribution in [0.1, 0.15) is 30.0 Å². The third kappa shape index (κ3) is 4.91. The van der Waals surface area contributed by atoms with Gasteiger partial charge in [-0.05, 0) is 73.5 Å². The number of nitrogens with zero attached hydrogens (tertiary/aromatic N) is 1. The fraction of sp³-hybridized carbons (Fsp3) is 0.240. The Hall–Kier alpha value is -2.63. The Morgan fingerprint density at radius 2 is 1.57 bits per heavy atom. The number of benzene rings is 3. The van der Waals surface area contributed by atoms with E-state index in [9.17, 15) is 9.90 Å². The fourth-order valence-corrected chi connectivity index (χ4v) is 4.30. The van der Waals surface area contributed by atoms with Gasteiger partial charge in [-0.15, -0.1) is 0 Å². The number of piperidine rings is 1. The van der Waals surface area contributed by atoms with Crippen molar-refractivity contribution in [2.75, 3.05) is 13.1 Å². The number of carbonyl (C=O) groups is 1. The van der Waals surface area contributed by atoms with Crippen LogP contribution < -0.4 is 4.74 Å². The number of para-hydroxylation sites is 1. The van der Waals surface area contributed by atoms with Crippen LogP contribution >= 0.6 is 15.9 Å². The number of carboxylic acid groups (broad SMARTS) is 1. The molecule has 1 aliphatic rings. The van der Waals surface area contributed by atoms with Gasteiger partial charge in [0.1, 0.15) is 11.5 Å². The first-order valence-electron chi connectivity index (χ1n) is 10.2. The Bertz CT molecular complexity index is 983. The number of ether oxygens (including phenoxy) is 1. The Morgan fingerprint density at radius 3 is 2.23 bits per heavy atom. The maximum atomic E-state index is 11.4. The Morgan fingerprint density at radius 1 is 0.900 bits per heavy atom. The van der Waals surface area contributed by atoms with Crippen molar-refractivity contribution in [1.29, 1.82) is 0 Å². The molecule has 4 nitrogen and oxygen atoms in total. The monoisotopic (exact) mass is 465 g/mol. The summed E-state index contributed by atoms with van der Waals surface area (Å²) in [5.74, 6) is 0.658. The standard InChI is InChI=1S/C25H24BrNO3/c26-21-11-9-18(10-12-21)24(27-15-13-19(14-16-27)25(28)29)20-5-4-8-23(17-20)30-22-6-2-1-3-7-22/h1-12,17,19,24H,13-16H2,(H,28,29). The predicted molar refractivity (Wildman–Crippen MR) is 121 cm³/mol. The van der Waals surface area contributed by atoms with Crippen LogP contribution in [0.3, 0.4) is 0 Å². The molecule has 1 N–H and O–H groups in total. The van der Waals surface area contributed by atoms with Crippen LogP contribution in [0.5, 0.6) is 11.5 Å². The van der Waals surface area contributed by atoms with Gasteiger partial charge in [0.15, 0.2) is 0 Å². The highest BCUT2D eigenvalue weighted by Gasteiger charge is 2.30. The molecule has 1 atom stereocenters. The van der Waals surface area contributed by atoms with Gasteiger partial charge in [0.05, 0.1) is 12.0 Å². The van der Waals surface area contributed by atoms with Crippen LogP contribution in [-0.2, 0) is 4.79 Å². The molecule has 1 saturated heterocycles. The van der Waals surface area contributed by atoms with E-state index in [4.69, 9.17) is 4.74 Å². The number of hydrogen-bond acceptors (Lipinski definition) is 3. The van der Waals surface area contributed by atoms with Gasteiger partial charge in [0.2, 0.25) is 0 Å². The average Bonchev–Trinajstić information content (AvgIpc) is 2.77. The normalized spacial score (nSPS) is 16.2. The van der Waals surface area contributed by atoms with Crippen molar-refractivity contribution in [3.63, 3.8) is 0 Å². The summed E-state index contributed by atoms with van der Waals surface area (Å²) >= 11 is 3.52. The van der Waals surface area contributed by atoms with E-state index in [1.54, 1.807) is 0 Å². The van der Waals surface area contributed by atoms with E-state index in [1.165, 1.54) is 5.56 Å². The highest BCUT2D eigenvalue weighted by atomic mass is 79.9. The molecule has 3 aromatic carbocycles. The zero-order valence-electron chi connectivity index (χ0n) is 16.6. The van der Waals surface area contributed by atoms with Gasteiger partial charge in [-0.1, -0.05) is 58.4 Å². The van der Waals surface area contributed by atoms with Crippen LogP contribution in [0.25, 0.3) is 0 Å². The van der Waals surface area contributed by atoms with Crippen molar-refractivity contribution in [3.8, 4) is 11.5 Å². The second kappa shape index (κ2) is 9.45. The van der Waals surface area contributed by atoms with Gasteiger partial charge in [-0.25, -0.2) is 0 Å². The van der Waals surface area contributed by atoms with E-state index in [-0.39, 0.29) is 12.0 Å². The third-order valence-corrected chi connectivity index (χ3v) is 6.11. The van der Waals surface area contributed by atoms with Crippen molar-refractivity contribution >= 4 is 21.9 Å². The number of carboxylic acids is 1. The van der Waals surface area contributed by atoms with Gasteiger partial charge >= 0.3 is 5.97 Å².